The molecule has 0 fully saturated rings. The number of fused-ring (bicyclic) bond motifs is 2. The molecule has 0 amide bonds. The maximum absolute atomic E-state index is 11.6. The molecule has 0 N–H and O–H groups in total. The van der Waals surface area contributed by atoms with Gasteiger partial charge < -0.3 is 14.4 Å². The fourth-order valence-electron chi connectivity index (χ4n) is 3.39. The summed E-state index contributed by atoms with van der Waals surface area (Å²) < 4.78 is 5.55. The summed E-state index contributed by atoms with van der Waals surface area (Å²) in [5.74, 6) is -0.561. The van der Waals surface area contributed by atoms with Crippen molar-refractivity contribution in [3.05, 3.63) is 84.4 Å². The second-order valence-corrected chi connectivity index (χ2v) is 6.47. The standard InChI is InChI=1S/C23H14N2O3/c26-23(27)17-13-21(24-19-9-5-4-8-16(17)19)15-10-11-20-18(12-15)22(28-25-20)14-6-2-1-3-7-14/h1-13H,(H,26,27)/p-1. The Hall–Kier alpha value is -3.99. The Morgan fingerprint density at radius 2 is 1.57 bits per heavy atom. The van der Waals surface area contributed by atoms with Crippen LogP contribution in [0, 0.1) is 0 Å². The molecule has 5 rings (SSSR count). The van der Waals surface area contributed by atoms with Gasteiger partial charge in [-0.05, 0) is 24.3 Å². The van der Waals surface area contributed by atoms with E-state index in [0.29, 0.717) is 22.4 Å². The van der Waals surface area contributed by atoms with E-state index in [1.807, 2.05) is 54.6 Å². The Kier molecular flexibility index (Phi) is 3.66. The minimum Gasteiger partial charge on any atom is -0.545 e. The van der Waals surface area contributed by atoms with Crippen molar-refractivity contribution in [3.8, 4) is 22.6 Å². The lowest BCUT2D eigenvalue weighted by molar-refractivity contribution is -0.254. The van der Waals surface area contributed by atoms with Crippen molar-refractivity contribution in [2.45, 2.75) is 0 Å². The average molecular weight is 365 g/mol. The molecule has 0 aliphatic heterocycles. The summed E-state index contributed by atoms with van der Waals surface area (Å²) in [6.07, 6.45) is 0. The molecule has 134 valence electrons. The molecule has 2 heterocycles. The number of para-hydroxylation sites is 1. The van der Waals surface area contributed by atoms with E-state index in [1.165, 1.54) is 0 Å². The number of aromatic nitrogens is 2. The molecule has 5 aromatic rings. The SMILES string of the molecule is O=C([O-])c1cc(-c2ccc3noc(-c4ccccc4)c3c2)nc2ccccc12. The van der Waals surface area contributed by atoms with Gasteiger partial charge >= 0.3 is 0 Å². The number of carboxylic acid groups (broad SMARTS) is 1. The molecule has 0 saturated heterocycles. The van der Waals surface area contributed by atoms with Crippen LogP contribution in [-0.4, -0.2) is 16.1 Å². The lowest BCUT2D eigenvalue weighted by Crippen LogP contribution is -2.22. The normalized spacial score (nSPS) is 11.1. The van der Waals surface area contributed by atoms with E-state index >= 15 is 0 Å². The number of rotatable bonds is 3. The number of carbonyl (C=O) groups is 1. The highest BCUT2D eigenvalue weighted by atomic mass is 16.5. The number of nitrogens with zero attached hydrogens (tertiary/aromatic N) is 2. The van der Waals surface area contributed by atoms with Gasteiger partial charge in [-0.15, -0.1) is 0 Å². The van der Waals surface area contributed by atoms with Crippen LogP contribution in [0.15, 0.2) is 83.4 Å². The van der Waals surface area contributed by atoms with E-state index in [-0.39, 0.29) is 5.56 Å². The highest BCUT2D eigenvalue weighted by molar-refractivity contribution is 6.03. The number of hydrogen-bond donors (Lipinski definition) is 0. The van der Waals surface area contributed by atoms with Gasteiger partial charge in [-0.3, -0.25) is 0 Å². The third-order valence-corrected chi connectivity index (χ3v) is 4.74. The largest absolute Gasteiger partial charge is 0.545 e. The zero-order chi connectivity index (χ0) is 19.1. The van der Waals surface area contributed by atoms with E-state index in [1.54, 1.807) is 24.3 Å². The van der Waals surface area contributed by atoms with Crippen molar-refractivity contribution in [3.63, 3.8) is 0 Å². The van der Waals surface area contributed by atoms with Crippen LogP contribution in [0.25, 0.3) is 44.4 Å². The molecule has 0 bridgehead atoms. The van der Waals surface area contributed by atoms with Crippen LogP contribution in [-0.2, 0) is 0 Å². The van der Waals surface area contributed by atoms with Crippen LogP contribution < -0.4 is 5.11 Å². The molecule has 0 unspecified atom stereocenters. The van der Waals surface area contributed by atoms with Gasteiger partial charge in [-0.25, -0.2) is 4.98 Å². The third kappa shape index (κ3) is 2.61. The molecule has 0 radical (unpaired) electrons. The zero-order valence-electron chi connectivity index (χ0n) is 14.6. The van der Waals surface area contributed by atoms with Gasteiger partial charge in [-0.2, -0.15) is 0 Å². The molecule has 3 aromatic carbocycles. The molecule has 0 spiro atoms. The lowest BCUT2D eigenvalue weighted by atomic mass is 10.0. The van der Waals surface area contributed by atoms with Crippen LogP contribution in [0.1, 0.15) is 10.4 Å². The van der Waals surface area contributed by atoms with E-state index in [9.17, 15) is 9.90 Å². The molecule has 0 saturated carbocycles. The fraction of sp³-hybridized carbons (Fsp3) is 0. The van der Waals surface area contributed by atoms with Crippen molar-refractivity contribution in [1.82, 2.24) is 10.1 Å². The molecule has 28 heavy (non-hydrogen) atoms. The van der Waals surface area contributed by atoms with E-state index in [0.717, 1.165) is 22.0 Å². The number of aromatic carboxylic acids is 1. The Bertz CT molecular complexity index is 1340. The summed E-state index contributed by atoms with van der Waals surface area (Å²) in [7, 11) is 0. The minimum atomic E-state index is -1.23. The Morgan fingerprint density at radius 1 is 0.786 bits per heavy atom. The van der Waals surface area contributed by atoms with Gasteiger partial charge in [0.2, 0.25) is 0 Å². The smallest absolute Gasteiger partial charge is 0.174 e. The highest BCUT2D eigenvalue weighted by Crippen LogP contribution is 2.32. The summed E-state index contributed by atoms with van der Waals surface area (Å²) in [5.41, 5.74) is 3.70. The second-order valence-electron chi connectivity index (χ2n) is 6.47. The second kappa shape index (κ2) is 6.32. The van der Waals surface area contributed by atoms with Crippen LogP contribution >= 0.6 is 0 Å². The first-order chi connectivity index (χ1) is 13.7. The van der Waals surface area contributed by atoms with Crippen LogP contribution in [0.3, 0.4) is 0 Å². The third-order valence-electron chi connectivity index (χ3n) is 4.74. The zero-order valence-corrected chi connectivity index (χ0v) is 14.6. The van der Waals surface area contributed by atoms with Gasteiger partial charge in [0, 0.05) is 22.1 Å². The fourth-order valence-corrected chi connectivity index (χ4v) is 3.39. The molecule has 0 aliphatic carbocycles. The summed E-state index contributed by atoms with van der Waals surface area (Å²) in [6.45, 7) is 0. The van der Waals surface area contributed by atoms with E-state index in [4.69, 9.17) is 4.52 Å². The van der Waals surface area contributed by atoms with Gasteiger partial charge in [0.05, 0.1) is 22.6 Å². The molecule has 0 aliphatic rings. The van der Waals surface area contributed by atoms with Crippen molar-refractivity contribution in [2.75, 3.05) is 0 Å². The first kappa shape index (κ1) is 16.2. The van der Waals surface area contributed by atoms with Gasteiger partial charge in [-0.1, -0.05) is 59.8 Å². The quantitative estimate of drug-likeness (QED) is 0.481. The first-order valence-electron chi connectivity index (χ1n) is 8.77. The van der Waals surface area contributed by atoms with Gasteiger partial charge in [0.25, 0.3) is 0 Å². The Morgan fingerprint density at radius 3 is 2.39 bits per heavy atom. The van der Waals surface area contributed by atoms with Crippen LogP contribution in [0.4, 0.5) is 0 Å². The average Bonchev–Trinajstić information content (AvgIpc) is 3.16. The summed E-state index contributed by atoms with van der Waals surface area (Å²) in [5, 5.41) is 17.2. The number of pyridine rings is 1. The molecule has 5 heteroatoms. The summed E-state index contributed by atoms with van der Waals surface area (Å²) in [4.78, 5) is 16.3. The maximum Gasteiger partial charge on any atom is 0.174 e. The highest BCUT2D eigenvalue weighted by Gasteiger charge is 2.14. The monoisotopic (exact) mass is 365 g/mol. The Labute approximate surface area is 159 Å². The van der Waals surface area contributed by atoms with Gasteiger partial charge in [0.1, 0.15) is 5.52 Å². The molecule has 0 atom stereocenters. The van der Waals surface area contributed by atoms with Crippen LogP contribution in [0.5, 0.6) is 0 Å². The predicted octanol–water partition coefficient (Wildman–Crippen LogP) is 4.07. The molecule has 2 aromatic heterocycles. The lowest BCUT2D eigenvalue weighted by Gasteiger charge is -2.10. The molecule has 5 nitrogen and oxygen atoms in total. The Balaban J connectivity index is 1.73. The predicted molar refractivity (Wildman–Crippen MR) is 105 cm³/mol. The topological polar surface area (TPSA) is 79.0 Å². The minimum absolute atomic E-state index is 0.120. The summed E-state index contributed by atoms with van der Waals surface area (Å²) in [6, 6.07) is 24.0. The van der Waals surface area contributed by atoms with Crippen LogP contribution in [0.2, 0.25) is 0 Å². The van der Waals surface area contributed by atoms with Crippen molar-refractivity contribution < 1.29 is 14.4 Å². The molecular formula is C23H13N2O3-. The molecular weight excluding hydrogens is 352 g/mol. The van der Waals surface area contributed by atoms with E-state index < -0.39 is 5.97 Å². The first-order valence-corrected chi connectivity index (χ1v) is 8.77. The van der Waals surface area contributed by atoms with Crippen molar-refractivity contribution >= 4 is 27.8 Å². The number of carbonyl (C=O) groups excluding carboxylic acids is 1. The van der Waals surface area contributed by atoms with Crippen molar-refractivity contribution in [1.29, 1.82) is 0 Å². The van der Waals surface area contributed by atoms with Gasteiger partial charge in [0.15, 0.2) is 5.76 Å². The number of hydrogen-bond acceptors (Lipinski definition) is 5. The number of benzene rings is 3. The van der Waals surface area contributed by atoms with E-state index in [2.05, 4.69) is 10.1 Å². The maximum atomic E-state index is 11.6. The summed E-state index contributed by atoms with van der Waals surface area (Å²) >= 11 is 0. The van der Waals surface area contributed by atoms with Crippen molar-refractivity contribution in [2.24, 2.45) is 0 Å². The number of carboxylic acids is 1.